The number of hydrogen-bond acceptors (Lipinski definition) is 4. The molecule has 1 N–H and O–H groups in total. The van der Waals surface area contributed by atoms with E-state index in [0.29, 0.717) is 12.8 Å². The van der Waals surface area contributed by atoms with Crippen LogP contribution >= 0.6 is 0 Å². The maximum Gasteiger partial charge on any atom is 0.260 e. The van der Waals surface area contributed by atoms with Gasteiger partial charge in [0.25, 0.3) is 5.91 Å². The van der Waals surface area contributed by atoms with Gasteiger partial charge in [-0.05, 0) is 12.5 Å². The second-order valence-corrected chi connectivity index (χ2v) is 3.67. The van der Waals surface area contributed by atoms with Crippen LogP contribution in [-0.2, 0) is 9.63 Å². The highest BCUT2D eigenvalue weighted by molar-refractivity contribution is 5.81. The Kier molecular flexibility index (Phi) is 6.14. The van der Waals surface area contributed by atoms with E-state index in [2.05, 4.69) is 25.3 Å². The van der Waals surface area contributed by atoms with Crippen molar-refractivity contribution in [3.63, 3.8) is 0 Å². The van der Waals surface area contributed by atoms with Crippen LogP contribution in [0, 0.1) is 23.3 Å². The van der Waals surface area contributed by atoms with Crippen LogP contribution in [0.3, 0.4) is 0 Å². The largest absolute Gasteiger partial charge is 0.386 e. The number of oxime groups is 1. The molecular formula is C11H9F4N5O2. The first-order chi connectivity index (χ1) is 10.4. The van der Waals surface area contributed by atoms with Crippen LogP contribution in [0.25, 0.3) is 10.4 Å². The van der Waals surface area contributed by atoms with Crippen molar-refractivity contribution in [3.8, 4) is 0 Å². The summed E-state index contributed by atoms with van der Waals surface area (Å²) in [6.07, 6.45) is 0.357. The molecule has 0 aliphatic carbocycles. The van der Waals surface area contributed by atoms with E-state index >= 15 is 0 Å². The average molecular weight is 319 g/mol. The monoisotopic (exact) mass is 319 g/mol. The average Bonchev–Trinajstić information content (AvgIpc) is 2.49. The smallest absolute Gasteiger partial charge is 0.260 e. The molecule has 0 radical (unpaired) electrons. The fourth-order valence-electron chi connectivity index (χ4n) is 1.32. The third-order valence-corrected chi connectivity index (χ3v) is 2.24. The minimum atomic E-state index is -1.87. The summed E-state index contributed by atoms with van der Waals surface area (Å²) in [6, 6.07) is 0. The molecule has 0 aliphatic heterocycles. The summed E-state index contributed by atoms with van der Waals surface area (Å²) in [6.45, 7) is 1.45. The third-order valence-electron chi connectivity index (χ3n) is 2.24. The van der Waals surface area contributed by atoms with Crippen LogP contribution in [0.1, 0.15) is 12.5 Å². The zero-order valence-electron chi connectivity index (χ0n) is 11.1. The highest BCUT2D eigenvalue weighted by Crippen LogP contribution is 2.29. The Morgan fingerprint density at radius 3 is 2.36 bits per heavy atom. The quantitative estimate of drug-likeness (QED) is 0.166. The van der Waals surface area contributed by atoms with E-state index in [-0.39, 0.29) is 0 Å². The molecule has 1 amide bonds. The molecule has 11 heteroatoms. The van der Waals surface area contributed by atoms with Crippen molar-refractivity contribution in [2.45, 2.75) is 6.92 Å². The first-order valence-electron chi connectivity index (χ1n) is 5.77. The molecule has 0 spiro atoms. The Morgan fingerprint density at radius 2 is 1.86 bits per heavy atom. The zero-order valence-corrected chi connectivity index (χ0v) is 11.1. The fourth-order valence-corrected chi connectivity index (χ4v) is 1.32. The molecule has 0 atom stereocenters. The molecule has 1 rings (SSSR count). The van der Waals surface area contributed by atoms with Gasteiger partial charge >= 0.3 is 0 Å². The topological polar surface area (TPSA) is 99.5 Å². The molecule has 118 valence electrons. The van der Waals surface area contributed by atoms with Crippen molar-refractivity contribution in [3.05, 3.63) is 39.3 Å². The Hall–Kier alpha value is -2.81. The van der Waals surface area contributed by atoms with E-state index in [9.17, 15) is 22.4 Å². The molecule has 0 aromatic heterocycles. The van der Waals surface area contributed by atoms with E-state index in [0.717, 1.165) is 0 Å². The first-order valence-corrected chi connectivity index (χ1v) is 5.77. The minimum absolute atomic E-state index is 0.340. The third kappa shape index (κ3) is 3.85. The van der Waals surface area contributed by atoms with Crippen LogP contribution in [0.5, 0.6) is 0 Å². The number of carbonyl (C=O) groups is 1. The summed E-state index contributed by atoms with van der Waals surface area (Å²) >= 11 is 0. The lowest BCUT2D eigenvalue weighted by molar-refractivity contribution is -0.125. The number of rotatable bonds is 6. The molecule has 0 bridgehead atoms. The van der Waals surface area contributed by atoms with Crippen LogP contribution in [0.4, 0.5) is 23.2 Å². The number of halogens is 4. The summed E-state index contributed by atoms with van der Waals surface area (Å²) in [7, 11) is 0. The summed E-state index contributed by atoms with van der Waals surface area (Å²) in [4.78, 5) is 17.5. The molecule has 0 saturated carbocycles. The van der Waals surface area contributed by atoms with Gasteiger partial charge in [-0.2, -0.15) is 0 Å². The summed E-state index contributed by atoms with van der Waals surface area (Å²) in [5, 5.41) is 7.93. The van der Waals surface area contributed by atoms with Gasteiger partial charge < -0.3 is 10.2 Å². The summed E-state index contributed by atoms with van der Waals surface area (Å²) in [5.41, 5.74) is 5.47. The standard InChI is InChI=1S/C11H9F4N5O2/c1-2-17-6(21)4-22-18-3-5-7(12)9(14)11(19-20-16)10(15)8(5)13/h3H,2,4H2,1H3,(H,17,21)/b18-3-. The summed E-state index contributed by atoms with van der Waals surface area (Å²) < 4.78 is 53.9. The number of azide groups is 1. The van der Waals surface area contributed by atoms with Crippen LogP contribution in [-0.4, -0.2) is 25.3 Å². The van der Waals surface area contributed by atoms with Crippen LogP contribution < -0.4 is 5.32 Å². The highest BCUT2D eigenvalue weighted by Gasteiger charge is 2.23. The SMILES string of the molecule is CCNC(=O)CO/N=C\c1c(F)c(F)c(N=[N+]=[N-])c(F)c1F. The first kappa shape index (κ1) is 17.2. The van der Waals surface area contributed by atoms with Gasteiger partial charge in [0, 0.05) is 11.5 Å². The van der Waals surface area contributed by atoms with E-state index < -0.39 is 47.0 Å². The van der Waals surface area contributed by atoms with E-state index in [1.807, 2.05) is 0 Å². The molecule has 0 fully saturated rings. The van der Waals surface area contributed by atoms with Crippen molar-refractivity contribution in [1.82, 2.24) is 5.32 Å². The predicted molar refractivity (Wildman–Crippen MR) is 67.3 cm³/mol. The van der Waals surface area contributed by atoms with Crippen LogP contribution in [0.2, 0.25) is 0 Å². The molecule has 0 aliphatic rings. The second kappa shape index (κ2) is 7.84. The summed E-state index contributed by atoms with van der Waals surface area (Å²) in [5.74, 6) is -7.92. The maximum atomic E-state index is 13.5. The number of amides is 1. The molecule has 0 unspecified atom stereocenters. The van der Waals surface area contributed by atoms with Gasteiger partial charge in [-0.25, -0.2) is 17.6 Å². The van der Waals surface area contributed by atoms with Gasteiger partial charge in [0.05, 0.1) is 11.8 Å². The van der Waals surface area contributed by atoms with E-state index in [4.69, 9.17) is 5.53 Å². The number of nitrogens with zero attached hydrogens (tertiary/aromatic N) is 4. The van der Waals surface area contributed by atoms with Gasteiger partial charge in [-0.1, -0.05) is 10.3 Å². The number of hydrogen-bond donors (Lipinski definition) is 1. The van der Waals surface area contributed by atoms with Gasteiger partial charge in [0.2, 0.25) is 0 Å². The Labute approximate surface area is 121 Å². The minimum Gasteiger partial charge on any atom is -0.386 e. The molecule has 1 aromatic rings. The van der Waals surface area contributed by atoms with E-state index in [1.54, 1.807) is 6.92 Å². The maximum absolute atomic E-state index is 13.5. The van der Waals surface area contributed by atoms with Crippen molar-refractivity contribution >= 4 is 17.8 Å². The Morgan fingerprint density at radius 1 is 1.27 bits per heavy atom. The second-order valence-electron chi connectivity index (χ2n) is 3.67. The normalized spacial score (nSPS) is 10.4. The number of likely N-dealkylation sites (N-methyl/N-ethyl adjacent to an activating group) is 1. The van der Waals surface area contributed by atoms with Gasteiger partial charge in [0.15, 0.2) is 29.9 Å². The number of carbonyl (C=O) groups excluding carboxylic acids is 1. The van der Waals surface area contributed by atoms with Crippen molar-refractivity contribution in [2.24, 2.45) is 10.3 Å². The lowest BCUT2D eigenvalue weighted by Gasteiger charge is -2.05. The van der Waals surface area contributed by atoms with Gasteiger partial charge in [-0.3, -0.25) is 4.79 Å². The van der Waals surface area contributed by atoms with Crippen molar-refractivity contribution < 1.29 is 27.2 Å². The molecule has 0 heterocycles. The molecule has 7 nitrogen and oxygen atoms in total. The molecule has 1 aromatic carbocycles. The van der Waals surface area contributed by atoms with Crippen LogP contribution in [0.15, 0.2) is 10.3 Å². The molecule has 22 heavy (non-hydrogen) atoms. The molecule has 0 saturated heterocycles. The van der Waals surface area contributed by atoms with Gasteiger partial charge in [0.1, 0.15) is 5.69 Å². The predicted octanol–water partition coefficient (Wildman–Crippen LogP) is 2.67. The lowest BCUT2D eigenvalue weighted by atomic mass is 10.1. The molecular weight excluding hydrogens is 310 g/mol. The number of benzene rings is 1. The Balaban J connectivity index is 3.01. The van der Waals surface area contributed by atoms with Crippen molar-refractivity contribution in [2.75, 3.05) is 13.2 Å². The van der Waals surface area contributed by atoms with E-state index in [1.165, 1.54) is 0 Å². The highest BCUT2D eigenvalue weighted by atomic mass is 19.2. The fraction of sp³-hybridized carbons (Fsp3) is 0.273. The number of nitrogens with one attached hydrogen (secondary N) is 1. The van der Waals surface area contributed by atoms with Crippen molar-refractivity contribution in [1.29, 1.82) is 0 Å². The zero-order chi connectivity index (χ0) is 16.7. The Bertz CT molecular complexity index is 629. The lowest BCUT2D eigenvalue weighted by Crippen LogP contribution is -2.26. The van der Waals surface area contributed by atoms with Gasteiger partial charge in [-0.15, -0.1) is 0 Å².